The number of likely N-dealkylation sites (tertiary alicyclic amines) is 1. The van der Waals surface area contributed by atoms with Crippen LogP contribution in [-0.2, 0) is 6.54 Å². The molecule has 0 spiro atoms. The fraction of sp³-hybridized carbons (Fsp3) is 0.368. The molecule has 1 amide bonds. The molecule has 1 aromatic carbocycles. The van der Waals surface area contributed by atoms with Crippen molar-refractivity contribution in [1.29, 1.82) is 0 Å². The molecular formula is C19H23N3O2. The summed E-state index contributed by atoms with van der Waals surface area (Å²) in [5.41, 5.74) is 1.74. The van der Waals surface area contributed by atoms with E-state index in [-0.39, 0.29) is 11.9 Å². The van der Waals surface area contributed by atoms with Crippen molar-refractivity contribution in [3.8, 4) is 5.88 Å². The van der Waals surface area contributed by atoms with Gasteiger partial charge in [-0.1, -0.05) is 36.4 Å². The first-order valence-electron chi connectivity index (χ1n) is 8.33. The Morgan fingerprint density at radius 1 is 1.17 bits per heavy atom. The average molecular weight is 325 g/mol. The van der Waals surface area contributed by atoms with E-state index in [2.05, 4.69) is 39.5 Å². The molecule has 1 aliphatic heterocycles. The number of nitrogens with one attached hydrogen (secondary N) is 1. The molecular weight excluding hydrogens is 302 g/mol. The number of benzene rings is 1. The van der Waals surface area contributed by atoms with Crippen LogP contribution in [0.1, 0.15) is 28.9 Å². The number of hydrogen-bond donors (Lipinski definition) is 1. The van der Waals surface area contributed by atoms with Crippen LogP contribution < -0.4 is 10.1 Å². The van der Waals surface area contributed by atoms with Crippen LogP contribution in [0.3, 0.4) is 0 Å². The number of rotatable bonds is 5. The number of nitrogens with zero attached hydrogens (tertiary/aromatic N) is 2. The van der Waals surface area contributed by atoms with Gasteiger partial charge in [-0.3, -0.25) is 9.69 Å². The van der Waals surface area contributed by atoms with Gasteiger partial charge in [-0.2, -0.15) is 0 Å². The minimum atomic E-state index is -0.129. The van der Waals surface area contributed by atoms with Crippen molar-refractivity contribution in [3.05, 3.63) is 59.8 Å². The van der Waals surface area contributed by atoms with Crippen molar-refractivity contribution in [2.75, 3.05) is 20.2 Å². The summed E-state index contributed by atoms with van der Waals surface area (Å²) in [6.45, 7) is 2.95. The highest BCUT2D eigenvalue weighted by atomic mass is 16.5. The van der Waals surface area contributed by atoms with Gasteiger partial charge in [0, 0.05) is 31.7 Å². The van der Waals surface area contributed by atoms with Gasteiger partial charge in [0.2, 0.25) is 5.88 Å². The summed E-state index contributed by atoms with van der Waals surface area (Å²) in [7, 11) is 1.55. The number of carbonyl (C=O) groups is 1. The highest BCUT2D eigenvalue weighted by Crippen LogP contribution is 2.14. The molecule has 0 saturated carbocycles. The average Bonchev–Trinajstić information content (AvgIpc) is 2.64. The summed E-state index contributed by atoms with van der Waals surface area (Å²) in [4.78, 5) is 18.9. The van der Waals surface area contributed by atoms with E-state index in [0.717, 1.165) is 32.5 Å². The molecule has 126 valence electrons. The first-order chi connectivity index (χ1) is 11.7. The van der Waals surface area contributed by atoms with Gasteiger partial charge in [-0.05, 0) is 24.5 Å². The van der Waals surface area contributed by atoms with E-state index in [1.807, 2.05) is 6.07 Å². The summed E-state index contributed by atoms with van der Waals surface area (Å²) >= 11 is 0. The summed E-state index contributed by atoms with van der Waals surface area (Å²) in [5, 5.41) is 3.09. The molecule has 24 heavy (non-hydrogen) atoms. The van der Waals surface area contributed by atoms with E-state index < -0.39 is 0 Å². The molecule has 2 aromatic rings. The summed E-state index contributed by atoms with van der Waals surface area (Å²) in [5.74, 6) is 0.329. The number of aromatic nitrogens is 1. The maximum absolute atomic E-state index is 12.3. The molecule has 3 rings (SSSR count). The smallest absolute Gasteiger partial charge is 0.270 e. The van der Waals surface area contributed by atoms with E-state index in [0.29, 0.717) is 11.6 Å². The summed E-state index contributed by atoms with van der Waals surface area (Å²) in [6.07, 6.45) is 1.92. The van der Waals surface area contributed by atoms with Crippen LogP contribution in [0.15, 0.2) is 48.5 Å². The van der Waals surface area contributed by atoms with Gasteiger partial charge >= 0.3 is 0 Å². The van der Waals surface area contributed by atoms with E-state index in [1.165, 1.54) is 5.56 Å². The predicted octanol–water partition coefficient (Wildman–Crippen LogP) is 2.48. The van der Waals surface area contributed by atoms with Crippen molar-refractivity contribution >= 4 is 5.91 Å². The monoisotopic (exact) mass is 325 g/mol. The first-order valence-corrected chi connectivity index (χ1v) is 8.33. The Labute approximate surface area is 142 Å². The van der Waals surface area contributed by atoms with E-state index in [1.54, 1.807) is 25.3 Å². The SMILES string of the molecule is COc1cccc(C(=O)NC2CCN(Cc3ccccc3)CC2)n1. The molecule has 0 aliphatic carbocycles. The number of hydrogen-bond acceptors (Lipinski definition) is 4. The number of carbonyl (C=O) groups excluding carboxylic acids is 1. The molecule has 1 aromatic heterocycles. The Morgan fingerprint density at radius 2 is 1.92 bits per heavy atom. The van der Waals surface area contributed by atoms with Gasteiger partial charge in [0.05, 0.1) is 7.11 Å². The van der Waals surface area contributed by atoms with Crippen LogP contribution in [-0.4, -0.2) is 42.0 Å². The van der Waals surface area contributed by atoms with Crippen LogP contribution in [0, 0.1) is 0 Å². The van der Waals surface area contributed by atoms with Gasteiger partial charge in [0.1, 0.15) is 5.69 Å². The second-order valence-corrected chi connectivity index (χ2v) is 6.07. The molecule has 2 heterocycles. The van der Waals surface area contributed by atoms with Gasteiger partial charge in [0.25, 0.3) is 5.91 Å². The zero-order valence-electron chi connectivity index (χ0n) is 13.9. The molecule has 0 bridgehead atoms. The Morgan fingerprint density at radius 3 is 2.62 bits per heavy atom. The van der Waals surface area contributed by atoms with Crippen LogP contribution in [0.4, 0.5) is 0 Å². The normalized spacial score (nSPS) is 15.9. The Bertz CT molecular complexity index is 667. The lowest BCUT2D eigenvalue weighted by molar-refractivity contribution is 0.0903. The number of pyridine rings is 1. The molecule has 1 aliphatic rings. The van der Waals surface area contributed by atoms with Gasteiger partial charge in [-0.25, -0.2) is 4.98 Å². The Kier molecular flexibility index (Phi) is 5.43. The van der Waals surface area contributed by atoms with Crippen molar-refractivity contribution in [3.63, 3.8) is 0 Å². The summed E-state index contributed by atoms with van der Waals surface area (Å²) < 4.78 is 5.07. The minimum Gasteiger partial charge on any atom is -0.481 e. The van der Waals surface area contributed by atoms with E-state index in [9.17, 15) is 4.79 Å². The van der Waals surface area contributed by atoms with Crippen LogP contribution >= 0.6 is 0 Å². The van der Waals surface area contributed by atoms with Gasteiger partial charge in [-0.15, -0.1) is 0 Å². The van der Waals surface area contributed by atoms with Crippen molar-refractivity contribution in [1.82, 2.24) is 15.2 Å². The molecule has 1 fully saturated rings. The lowest BCUT2D eigenvalue weighted by Crippen LogP contribution is -2.44. The van der Waals surface area contributed by atoms with Crippen molar-refractivity contribution in [2.45, 2.75) is 25.4 Å². The van der Waals surface area contributed by atoms with Gasteiger partial charge < -0.3 is 10.1 Å². The van der Waals surface area contributed by atoms with E-state index >= 15 is 0 Å². The van der Waals surface area contributed by atoms with Crippen molar-refractivity contribution in [2.24, 2.45) is 0 Å². The topological polar surface area (TPSA) is 54.5 Å². The fourth-order valence-corrected chi connectivity index (χ4v) is 2.99. The third kappa shape index (κ3) is 4.32. The molecule has 5 nitrogen and oxygen atoms in total. The number of ether oxygens (including phenoxy) is 1. The minimum absolute atomic E-state index is 0.129. The van der Waals surface area contributed by atoms with Crippen LogP contribution in [0.2, 0.25) is 0 Å². The van der Waals surface area contributed by atoms with E-state index in [4.69, 9.17) is 4.74 Å². The number of amides is 1. The number of piperidine rings is 1. The zero-order valence-corrected chi connectivity index (χ0v) is 13.9. The summed E-state index contributed by atoms with van der Waals surface area (Å²) in [6, 6.07) is 15.9. The molecule has 5 heteroatoms. The van der Waals surface area contributed by atoms with Gasteiger partial charge in [0.15, 0.2) is 0 Å². The molecule has 1 saturated heterocycles. The van der Waals surface area contributed by atoms with Crippen molar-refractivity contribution < 1.29 is 9.53 Å². The number of methoxy groups -OCH3 is 1. The quantitative estimate of drug-likeness (QED) is 0.918. The highest BCUT2D eigenvalue weighted by Gasteiger charge is 2.21. The van der Waals surface area contributed by atoms with Crippen LogP contribution in [0.25, 0.3) is 0 Å². The largest absolute Gasteiger partial charge is 0.481 e. The standard InChI is InChI=1S/C19H23N3O2/c1-24-18-9-5-8-17(21-18)19(23)20-16-10-12-22(13-11-16)14-15-6-3-2-4-7-15/h2-9,16H,10-14H2,1H3,(H,20,23). The molecule has 0 radical (unpaired) electrons. The molecule has 0 atom stereocenters. The molecule has 1 N–H and O–H groups in total. The lowest BCUT2D eigenvalue weighted by Gasteiger charge is -2.32. The third-order valence-electron chi connectivity index (χ3n) is 4.34. The Balaban J connectivity index is 1.49. The fourth-order valence-electron chi connectivity index (χ4n) is 2.99. The maximum atomic E-state index is 12.3. The first kappa shape index (κ1) is 16.5. The zero-order chi connectivity index (χ0) is 16.8. The highest BCUT2D eigenvalue weighted by molar-refractivity contribution is 5.92. The predicted molar refractivity (Wildman–Crippen MR) is 93.0 cm³/mol. The third-order valence-corrected chi connectivity index (χ3v) is 4.34. The van der Waals surface area contributed by atoms with Crippen LogP contribution in [0.5, 0.6) is 5.88 Å². The lowest BCUT2D eigenvalue weighted by atomic mass is 10.0. The maximum Gasteiger partial charge on any atom is 0.270 e. The second kappa shape index (κ2) is 7.93. The second-order valence-electron chi connectivity index (χ2n) is 6.07. The molecule has 0 unspecified atom stereocenters. The Hall–Kier alpha value is -2.40.